The van der Waals surface area contributed by atoms with E-state index in [1.165, 1.54) is 11.8 Å². The molecule has 6 nitrogen and oxygen atoms in total. The van der Waals surface area contributed by atoms with Crippen molar-refractivity contribution in [3.05, 3.63) is 24.3 Å². The molecule has 0 unspecified atom stereocenters. The summed E-state index contributed by atoms with van der Waals surface area (Å²) >= 11 is 3.10. The number of hydrogen-bond donors (Lipinski definition) is 2. The SMILES string of the molecule is CC(C)(C)Nc1nc(NC(C)(C)C)nc(Sc2nc3ccccc3s2)n1. The Hall–Kier alpha value is -1.93. The molecule has 26 heavy (non-hydrogen) atoms. The van der Waals surface area contributed by atoms with E-state index in [0.717, 1.165) is 14.6 Å². The van der Waals surface area contributed by atoms with Crippen molar-refractivity contribution in [2.24, 2.45) is 0 Å². The molecule has 138 valence electrons. The van der Waals surface area contributed by atoms with Gasteiger partial charge in [-0.05, 0) is 65.4 Å². The van der Waals surface area contributed by atoms with Crippen LogP contribution >= 0.6 is 23.1 Å². The lowest BCUT2D eigenvalue weighted by molar-refractivity contribution is 0.611. The molecule has 2 heterocycles. The lowest BCUT2D eigenvalue weighted by atomic mass is 10.1. The summed E-state index contributed by atoms with van der Waals surface area (Å²) in [6.07, 6.45) is 0. The first-order chi connectivity index (χ1) is 12.1. The minimum Gasteiger partial charge on any atom is -0.349 e. The van der Waals surface area contributed by atoms with Crippen LogP contribution in [0.4, 0.5) is 11.9 Å². The third kappa shape index (κ3) is 5.28. The number of para-hydroxylation sites is 1. The lowest BCUT2D eigenvalue weighted by Crippen LogP contribution is -2.30. The maximum absolute atomic E-state index is 4.66. The number of benzene rings is 1. The van der Waals surface area contributed by atoms with Gasteiger partial charge in [0.05, 0.1) is 10.2 Å². The first-order valence-corrected chi connectivity index (χ1v) is 10.1. The standard InChI is InChI=1S/C18H24N6S2/c1-17(2,3)23-13-20-14(24-18(4,5)6)22-15(21-13)26-16-19-11-9-7-8-10-12(11)25-16/h7-10H,1-6H3,(H2,20,21,22,23,24). The van der Waals surface area contributed by atoms with Crippen molar-refractivity contribution in [1.82, 2.24) is 19.9 Å². The van der Waals surface area contributed by atoms with Crippen LogP contribution in [0.15, 0.2) is 33.8 Å². The predicted octanol–water partition coefficient (Wildman–Crippen LogP) is 5.05. The molecular weight excluding hydrogens is 364 g/mol. The maximum atomic E-state index is 4.66. The van der Waals surface area contributed by atoms with Gasteiger partial charge in [-0.25, -0.2) is 4.98 Å². The summed E-state index contributed by atoms with van der Waals surface area (Å²) in [5.74, 6) is 1.12. The van der Waals surface area contributed by atoms with Crippen LogP contribution in [0.2, 0.25) is 0 Å². The third-order valence-corrected chi connectivity index (χ3v) is 5.00. The van der Waals surface area contributed by atoms with E-state index in [1.54, 1.807) is 11.3 Å². The average molecular weight is 389 g/mol. The fraction of sp³-hybridized carbons (Fsp3) is 0.444. The molecule has 0 saturated heterocycles. The van der Waals surface area contributed by atoms with Crippen molar-refractivity contribution in [3.63, 3.8) is 0 Å². The van der Waals surface area contributed by atoms with Gasteiger partial charge < -0.3 is 10.6 Å². The van der Waals surface area contributed by atoms with Crippen LogP contribution in [0.5, 0.6) is 0 Å². The van der Waals surface area contributed by atoms with E-state index in [1.807, 2.05) is 18.2 Å². The predicted molar refractivity (Wildman–Crippen MR) is 110 cm³/mol. The van der Waals surface area contributed by atoms with Crippen molar-refractivity contribution in [1.29, 1.82) is 0 Å². The summed E-state index contributed by atoms with van der Waals surface area (Å²) in [5, 5.41) is 7.28. The number of hydrogen-bond acceptors (Lipinski definition) is 8. The summed E-state index contributed by atoms with van der Waals surface area (Å²) in [5.41, 5.74) is 0.714. The smallest absolute Gasteiger partial charge is 0.228 e. The molecule has 0 bridgehead atoms. The van der Waals surface area contributed by atoms with Crippen LogP contribution < -0.4 is 10.6 Å². The summed E-state index contributed by atoms with van der Waals surface area (Å²) in [7, 11) is 0. The maximum Gasteiger partial charge on any atom is 0.228 e. The van der Waals surface area contributed by atoms with Gasteiger partial charge >= 0.3 is 0 Å². The van der Waals surface area contributed by atoms with Crippen molar-refractivity contribution in [3.8, 4) is 0 Å². The van der Waals surface area contributed by atoms with Gasteiger partial charge in [-0.1, -0.05) is 12.1 Å². The van der Waals surface area contributed by atoms with Gasteiger partial charge in [-0.2, -0.15) is 15.0 Å². The number of anilines is 2. The highest BCUT2D eigenvalue weighted by atomic mass is 32.2. The Morgan fingerprint density at radius 1 is 0.808 bits per heavy atom. The zero-order valence-electron chi connectivity index (χ0n) is 15.9. The normalized spacial score (nSPS) is 12.4. The topological polar surface area (TPSA) is 75.6 Å². The number of rotatable bonds is 4. The number of nitrogens with one attached hydrogen (secondary N) is 2. The molecule has 2 aromatic heterocycles. The molecule has 3 aromatic rings. The van der Waals surface area contributed by atoms with Crippen molar-refractivity contribution >= 4 is 45.2 Å². The molecule has 0 atom stereocenters. The molecule has 0 radical (unpaired) electrons. The molecule has 8 heteroatoms. The molecule has 0 aliphatic rings. The Balaban J connectivity index is 1.93. The largest absolute Gasteiger partial charge is 0.349 e. The van der Waals surface area contributed by atoms with E-state index < -0.39 is 0 Å². The Labute approximate surface area is 162 Å². The zero-order chi connectivity index (χ0) is 18.9. The number of aromatic nitrogens is 4. The van der Waals surface area contributed by atoms with E-state index in [0.29, 0.717) is 17.1 Å². The molecule has 0 aliphatic carbocycles. The molecule has 0 saturated carbocycles. The van der Waals surface area contributed by atoms with Gasteiger partial charge in [0.25, 0.3) is 0 Å². The van der Waals surface area contributed by atoms with Crippen molar-refractivity contribution < 1.29 is 0 Å². The van der Waals surface area contributed by atoms with Gasteiger partial charge in [-0.15, -0.1) is 11.3 Å². The number of fused-ring (bicyclic) bond motifs is 1. The quantitative estimate of drug-likeness (QED) is 0.647. The molecule has 2 N–H and O–H groups in total. The molecule has 0 aliphatic heterocycles. The fourth-order valence-corrected chi connectivity index (χ4v) is 4.08. The van der Waals surface area contributed by atoms with Crippen LogP contribution in [-0.4, -0.2) is 31.0 Å². The second-order valence-corrected chi connectivity index (χ2v) is 10.3. The second-order valence-electron chi connectivity index (χ2n) is 8.06. The Morgan fingerprint density at radius 3 is 1.92 bits per heavy atom. The van der Waals surface area contributed by atoms with E-state index in [-0.39, 0.29) is 11.1 Å². The first-order valence-electron chi connectivity index (χ1n) is 8.43. The van der Waals surface area contributed by atoms with E-state index >= 15 is 0 Å². The molecule has 0 spiro atoms. The average Bonchev–Trinajstić information content (AvgIpc) is 2.85. The van der Waals surface area contributed by atoms with Crippen molar-refractivity contribution in [2.75, 3.05) is 10.6 Å². The zero-order valence-corrected chi connectivity index (χ0v) is 17.5. The Bertz CT molecular complexity index is 841. The minimum atomic E-state index is -0.141. The molecular formula is C18H24N6S2. The Morgan fingerprint density at radius 2 is 1.38 bits per heavy atom. The molecule has 0 amide bonds. The lowest BCUT2D eigenvalue weighted by Gasteiger charge is -2.23. The second kappa shape index (κ2) is 7.00. The highest BCUT2D eigenvalue weighted by Crippen LogP contribution is 2.33. The minimum absolute atomic E-state index is 0.141. The highest BCUT2D eigenvalue weighted by Gasteiger charge is 2.18. The van der Waals surface area contributed by atoms with E-state index in [2.05, 4.69) is 78.2 Å². The summed E-state index contributed by atoms with van der Waals surface area (Å²) < 4.78 is 2.07. The van der Waals surface area contributed by atoms with Crippen LogP contribution in [0.1, 0.15) is 41.5 Å². The number of nitrogens with zero attached hydrogens (tertiary/aromatic N) is 4. The van der Waals surface area contributed by atoms with Gasteiger partial charge in [0.15, 0.2) is 4.34 Å². The van der Waals surface area contributed by atoms with Crippen LogP contribution in [-0.2, 0) is 0 Å². The number of thiazole rings is 1. The van der Waals surface area contributed by atoms with E-state index in [9.17, 15) is 0 Å². The Kier molecular flexibility index (Phi) is 5.07. The molecule has 1 aromatic carbocycles. The van der Waals surface area contributed by atoms with Crippen LogP contribution in [0.3, 0.4) is 0 Å². The van der Waals surface area contributed by atoms with Gasteiger partial charge in [-0.3, -0.25) is 0 Å². The van der Waals surface area contributed by atoms with Gasteiger partial charge in [0, 0.05) is 11.1 Å². The first kappa shape index (κ1) is 18.8. The van der Waals surface area contributed by atoms with Crippen LogP contribution in [0, 0.1) is 0 Å². The fourth-order valence-electron chi connectivity index (χ4n) is 2.16. The monoisotopic (exact) mass is 388 g/mol. The van der Waals surface area contributed by atoms with Crippen molar-refractivity contribution in [2.45, 2.75) is 62.1 Å². The highest BCUT2D eigenvalue weighted by molar-refractivity contribution is 8.01. The van der Waals surface area contributed by atoms with Gasteiger partial charge in [0.1, 0.15) is 0 Å². The van der Waals surface area contributed by atoms with Gasteiger partial charge in [0.2, 0.25) is 17.1 Å². The summed E-state index contributed by atoms with van der Waals surface area (Å²) in [4.78, 5) is 18.3. The molecule has 0 fully saturated rings. The van der Waals surface area contributed by atoms with E-state index in [4.69, 9.17) is 0 Å². The third-order valence-electron chi connectivity index (χ3n) is 3.04. The molecule has 3 rings (SSSR count). The summed E-state index contributed by atoms with van der Waals surface area (Å²) in [6, 6.07) is 8.11. The summed E-state index contributed by atoms with van der Waals surface area (Å²) in [6.45, 7) is 12.5. The van der Waals surface area contributed by atoms with Crippen LogP contribution in [0.25, 0.3) is 10.2 Å².